The van der Waals surface area contributed by atoms with E-state index in [4.69, 9.17) is 11.6 Å². The summed E-state index contributed by atoms with van der Waals surface area (Å²) in [5, 5.41) is 3.52. The van der Waals surface area contributed by atoms with Gasteiger partial charge in [-0.3, -0.25) is 4.79 Å². The van der Waals surface area contributed by atoms with Crippen LogP contribution in [0, 0.1) is 0 Å². The number of halogens is 1. The number of aromatic nitrogens is 2. The Labute approximate surface area is 137 Å². The average Bonchev–Trinajstić information content (AvgIpc) is 2.86. The zero-order valence-electron chi connectivity index (χ0n) is 12.4. The van der Waals surface area contributed by atoms with Gasteiger partial charge in [-0.1, -0.05) is 29.8 Å². The van der Waals surface area contributed by atoms with Gasteiger partial charge in [0, 0.05) is 11.6 Å². The highest BCUT2D eigenvalue weighted by Gasteiger charge is 2.04. The van der Waals surface area contributed by atoms with Crippen LogP contribution in [0.25, 0.3) is 11.0 Å². The van der Waals surface area contributed by atoms with Crippen molar-refractivity contribution >= 4 is 28.5 Å². The summed E-state index contributed by atoms with van der Waals surface area (Å²) < 4.78 is 0. The minimum absolute atomic E-state index is 0.0385. The quantitative estimate of drug-likeness (QED) is 0.672. The van der Waals surface area contributed by atoms with Crippen LogP contribution < -0.4 is 11.0 Å². The molecule has 3 rings (SSSR count). The van der Waals surface area contributed by atoms with Crippen LogP contribution in [0.4, 0.5) is 0 Å². The molecule has 0 bridgehead atoms. The molecular formula is C17H16ClN3O2. The van der Waals surface area contributed by atoms with E-state index in [0.717, 1.165) is 22.2 Å². The van der Waals surface area contributed by atoms with E-state index in [1.165, 1.54) is 0 Å². The summed E-state index contributed by atoms with van der Waals surface area (Å²) in [6.07, 6.45) is 1.01. The SMILES string of the molecule is O=C(Cc1cccc(Cl)c1)NCCc1ccc2[nH]c(=O)[nH]c2c1. The predicted octanol–water partition coefficient (Wildman–Crippen LogP) is 2.41. The molecule has 6 heteroatoms. The highest BCUT2D eigenvalue weighted by atomic mass is 35.5. The lowest BCUT2D eigenvalue weighted by Gasteiger charge is -2.06. The molecule has 0 aliphatic carbocycles. The molecular weight excluding hydrogens is 314 g/mol. The van der Waals surface area contributed by atoms with E-state index in [1.807, 2.05) is 30.3 Å². The second-order valence-corrected chi connectivity index (χ2v) is 5.80. The fourth-order valence-corrected chi connectivity index (χ4v) is 2.69. The van der Waals surface area contributed by atoms with Crippen molar-refractivity contribution in [1.82, 2.24) is 15.3 Å². The van der Waals surface area contributed by atoms with Gasteiger partial charge in [0.1, 0.15) is 0 Å². The summed E-state index contributed by atoms with van der Waals surface area (Å²) in [6, 6.07) is 13.0. The Hall–Kier alpha value is -2.53. The summed E-state index contributed by atoms with van der Waals surface area (Å²) in [4.78, 5) is 28.6. The van der Waals surface area contributed by atoms with Crippen molar-refractivity contribution in [2.45, 2.75) is 12.8 Å². The lowest BCUT2D eigenvalue weighted by Crippen LogP contribution is -2.27. The van der Waals surface area contributed by atoms with Crippen LogP contribution in [-0.2, 0) is 17.6 Å². The van der Waals surface area contributed by atoms with Crippen molar-refractivity contribution < 1.29 is 4.79 Å². The monoisotopic (exact) mass is 329 g/mol. The van der Waals surface area contributed by atoms with E-state index in [0.29, 0.717) is 24.4 Å². The number of H-pyrrole nitrogens is 2. The first-order chi connectivity index (χ1) is 11.1. The summed E-state index contributed by atoms with van der Waals surface area (Å²) in [7, 11) is 0. The average molecular weight is 330 g/mol. The molecule has 23 heavy (non-hydrogen) atoms. The number of fused-ring (bicyclic) bond motifs is 1. The maximum absolute atomic E-state index is 11.9. The van der Waals surface area contributed by atoms with Gasteiger partial charge < -0.3 is 15.3 Å². The Bertz CT molecular complexity index is 898. The van der Waals surface area contributed by atoms with E-state index in [1.54, 1.807) is 12.1 Å². The summed E-state index contributed by atoms with van der Waals surface area (Å²) in [5.74, 6) is -0.0385. The molecule has 0 spiro atoms. The topological polar surface area (TPSA) is 77.8 Å². The zero-order chi connectivity index (χ0) is 16.2. The van der Waals surface area contributed by atoms with Gasteiger partial charge in [-0.2, -0.15) is 0 Å². The van der Waals surface area contributed by atoms with Gasteiger partial charge >= 0.3 is 5.69 Å². The molecule has 0 aliphatic rings. The summed E-state index contributed by atoms with van der Waals surface area (Å²) >= 11 is 5.90. The third-order valence-corrected chi connectivity index (χ3v) is 3.81. The molecule has 0 radical (unpaired) electrons. The molecule has 0 saturated heterocycles. The molecule has 3 aromatic rings. The van der Waals surface area contributed by atoms with Crippen molar-refractivity contribution in [3.8, 4) is 0 Å². The van der Waals surface area contributed by atoms with Crippen LogP contribution in [-0.4, -0.2) is 22.4 Å². The Morgan fingerprint density at radius 3 is 2.70 bits per heavy atom. The smallest absolute Gasteiger partial charge is 0.323 e. The van der Waals surface area contributed by atoms with Crippen molar-refractivity contribution in [3.63, 3.8) is 0 Å². The van der Waals surface area contributed by atoms with Crippen LogP contribution >= 0.6 is 11.6 Å². The fourth-order valence-electron chi connectivity index (χ4n) is 2.48. The highest BCUT2D eigenvalue weighted by Crippen LogP contribution is 2.12. The van der Waals surface area contributed by atoms with Crippen LogP contribution in [0.1, 0.15) is 11.1 Å². The maximum atomic E-state index is 11.9. The Kier molecular flexibility index (Phi) is 4.48. The van der Waals surface area contributed by atoms with Gasteiger partial charge in [0.2, 0.25) is 5.91 Å². The largest absolute Gasteiger partial charge is 0.355 e. The van der Waals surface area contributed by atoms with Gasteiger partial charge in [-0.05, 0) is 41.8 Å². The lowest BCUT2D eigenvalue weighted by atomic mass is 10.1. The van der Waals surface area contributed by atoms with E-state index in [9.17, 15) is 9.59 Å². The van der Waals surface area contributed by atoms with Crippen molar-refractivity contribution in [2.24, 2.45) is 0 Å². The number of hydrogen-bond acceptors (Lipinski definition) is 2. The number of hydrogen-bond donors (Lipinski definition) is 3. The zero-order valence-corrected chi connectivity index (χ0v) is 13.1. The first kappa shape index (κ1) is 15.4. The Balaban J connectivity index is 1.53. The van der Waals surface area contributed by atoms with E-state index in [2.05, 4.69) is 15.3 Å². The summed E-state index contributed by atoms with van der Waals surface area (Å²) in [5.41, 5.74) is 3.28. The van der Waals surface area contributed by atoms with Crippen molar-refractivity contribution in [2.75, 3.05) is 6.54 Å². The summed E-state index contributed by atoms with van der Waals surface area (Å²) in [6.45, 7) is 0.541. The number of aromatic amines is 2. The number of carbonyl (C=O) groups is 1. The van der Waals surface area contributed by atoms with E-state index < -0.39 is 0 Å². The first-order valence-corrected chi connectivity index (χ1v) is 7.70. The minimum atomic E-state index is -0.216. The second-order valence-electron chi connectivity index (χ2n) is 5.37. The number of carbonyl (C=O) groups excluding carboxylic acids is 1. The molecule has 1 heterocycles. The number of amides is 1. The van der Waals surface area contributed by atoms with E-state index >= 15 is 0 Å². The van der Waals surface area contributed by atoms with Crippen molar-refractivity contribution in [1.29, 1.82) is 0 Å². The molecule has 1 amide bonds. The molecule has 5 nitrogen and oxygen atoms in total. The molecule has 0 aliphatic heterocycles. The first-order valence-electron chi connectivity index (χ1n) is 7.32. The van der Waals surface area contributed by atoms with Gasteiger partial charge in [0.15, 0.2) is 0 Å². The standard InChI is InChI=1S/C17H16ClN3O2/c18-13-3-1-2-12(8-13)10-16(22)19-7-6-11-4-5-14-15(9-11)21-17(23)20-14/h1-5,8-9H,6-7,10H2,(H,19,22)(H2,20,21,23). The molecule has 118 valence electrons. The molecule has 1 aromatic heterocycles. The molecule has 0 saturated carbocycles. The molecule has 0 unspecified atom stereocenters. The molecule has 0 atom stereocenters. The van der Waals surface area contributed by atoms with Crippen molar-refractivity contribution in [3.05, 3.63) is 69.1 Å². The van der Waals surface area contributed by atoms with Crippen LogP contribution in [0.3, 0.4) is 0 Å². The van der Waals surface area contributed by atoms with Gasteiger partial charge in [-0.25, -0.2) is 4.79 Å². The lowest BCUT2D eigenvalue weighted by molar-refractivity contribution is -0.120. The van der Waals surface area contributed by atoms with Gasteiger partial charge in [-0.15, -0.1) is 0 Å². The Morgan fingerprint density at radius 2 is 1.87 bits per heavy atom. The normalized spacial score (nSPS) is 10.8. The number of benzene rings is 2. The number of nitrogens with one attached hydrogen (secondary N) is 3. The van der Waals surface area contributed by atoms with Crippen LogP contribution in [0.2, 0.25) is 5.02 Å². The number of imidazole rings is 1. The third-order valence-electron chi connectivity index (χ3n) is 3.57. The van der Waals surface area contributed by atoms with Gasteiger partial charge in [0.05, 0.1) is 17.5 Å². The van der Waals surface area contributed by atoms with Gasteiger partial charge in [0.25, 0.3) is 0 Å². The minimum Gasteiger partial charge on any atom is -0.355 e. The highest BCUT2D eigenvalue weighted by molar-refractivity contribution is 6.30. The van der Waals surface area contributed by atoms with Crippen LogP contribution in [0.15, 0.2) is 47.3 Å². The maximum Gasteiger partial charge on any atom is 0.323 e. The van der Waals surface area contributed by atoms with Crippen LogP contribution in [0.5, 0.6) is 0 Å². The molecule has 0 fully saturated rings. The predicted molar refractivity (Wildman–Crippen MR) is 90.8 cm³/mol. The Morgan fingerprint density at radius 1 is 1.04 bits per heavy atom. The third kappa shape index (κ3) is 4.02. The second kappa shape index (κ2) is 6.71. The molecule has 2 aromatic carbocycles. The fraction of sp³-hybridized carbons (Fsp3) is 0.176. The number of rotatable bonds is 5. The molecule has 3 N–H and O–H groups in total. The van der Waals surface area contributed by atoms with E-state index in [-0.39, 0.29) is 11.6 Å².